The lowest BCUT2D eigenvalue weighted by atomic mass is 10.2. The van der Waals surface area contributed by atoms with Gasteiger partial charge in [-0.3, -0.25) is 10.6 Å². The molecule has 0 radical (unpaired) electrons. The molecule has 8 aromatic rings. The van der Waals surface area contributed by atoms with Crippen molar-refractivity contribution < 1.29 is 37.1 Å². The van der Waals surface area contributed by atoms with Crippen LogP contribution in [0.4, 0.5) is 33.8 Å². The molecule has 6 N–H and O–H groups in total. The van der Waals surface area contributed by atoms with Gasteiger partial charge in [0.1, 0.15) is 11.0 Å². The lowest BCUT2D eigenvalue weighted by molar-refractivity contribution is -0.193. The van der Waals surface area contributed by atoms with Gasteiger partial charge in [0.15, 0.2) is 44.7 Å². The minimum absolute atomic E-state index is 0.0731. The first-order chi connectivity index (χ1) is 33.1. The molecule has 0 unspecified atom stereocenters. The normalized spacial score (nSPS) is 10.6. The van der Waals surface area contributed by atoms with Crippen molar-refractivity contribution in [2.45, 2.75) is 72.0 Å². The maximum atomic E-state index is 11.4. The number of ether oxygens (including phenoxy) is 2. The van der Waals surface area contributed by atoms with Crippen molar-refractivity contribution in [3.05, 3.63) is 87.4 Å². The zero-order valence-corrected chi connectivity index (χ0v) is 41.2. The molecule has 0 fully saturated rings. The highest BCUT2D eigenvalue weighted by Crippen LogP contribution is 2.31. The number of rotatable bonds is 16. The van der Waals surface area contributed by atoms with Gasteiger partial charge < -0.3 is 29.2 Å². The molecule has 362 valence electrons. The number of methoxy groups -OCH3 is 2. The number of primary sulfonamides is 1. The number of nitrogens with one attached hydrogen (secondary N) is 4. The molecule has 69 heavy (non-hydrogen) atoms. The summed E-state index contributed by atoms with van der Waals surface area (Å²) in [6, 6.07) is 12.2. The molecule has 23 nitrogen and oxygen atoms in total. The van der Waals surface area contributed by atoms with Crippen LogP contribution in [0, 0.1) is 13.8 Å². The van der Waals surface area contributed by atoms with Gasteiger partial charge in [-0.2, -0.15) is 39.1 Å². The van der Waals surface area contributed by atoms with Gasteiger partial charge in [-0.25, -0.2) is 33.5 Å². The van der Waals surface area contributed by atoms with Crippen LogP contribution in [0.3, 0.4) is 0 Å². The van der Waals surface area contributed by atoms with Crippen LogP contribution in [-0.2, 0) is 68.7 Å². The monoisotopic (exact) mass is 999 g/mol. The fourth-order valence-corrected chi connectivity index (χ4v) is 8.91. The second-order valence-corrected chi connectivity index (χ2v) is 18.0. The third kappa shape index (κ3) is 13.5. The van der Waals surface area contributed by atoms with Crippen molar-refractivity contribution in [2.24, 2.45) is 12.2 Å². The molecule has 26 heteroatoms. The van der Waals surface area contributed by atoms with Crippen LogP contribution in [0.15, 0.2) is 60.0 Å². The highest BCUT2D eigenvalue weighted by molar-refractivity contribution is 7.89. The van der Waals surface area contributed by atoms with E-state index < -0.39 is 10.0 Å². The number of aryl methyl sites for hydroxylation is 6. The van der Waals surface area contributed by atoms with E-state index in [0.717, 1.165) is 63.2 Å². The smallest absolute Gasteiger partial charge is 0.373 e. The summed E-state index contributed by atoms with van der Waals surface area (Å²) in [6.07, 6.45) is 5.83. The number of sulfonamides is 1. The number of fused-ring (bicyclic) bond motifs is 2. The molecule has 0 aliphatic heterocycles. The van der Waals surface area contributed by atoms with E-state index in [1.54, 1.807) is 61.7 Å². The molecule has 6 aromatic heterocycles. The Kier molecular flexibility index (Phi) is 18.4. The molecule has 0 spiro atoms. The van der Waals surface area contributed by atoms with Gasteiger partial charge in [-0.1, -0.05) is 32.0 Å². The standard InChI is InChI=1S/C22H27N7O2S.C19H22N8O2S2.2CO2/c1-6-17-13(3)25-22(32-17)28-21-26-19(18-20(27-21)24-12-29(18)7-2)23-11-14-8-9-15(30-4)16(10-14)31-5;1-4-14-11(2)23-19(30-14)26-18-24-16(15-17(25-18)22-10-27(15)3)21-9-12-5-7-13(8-6-12)31(20,28)29;2*2-1-3/h8-10,12H,6-7,11H2,1-5H3,(H2,23,25,26,27,28);5-8,10H,4,9H2,1-3H3,(H2,20,28,29)(H2,21,23,24,25,26);;. The predicted molar refractivity (Wildman–Crippen MR) is 258 cm³/mol. The van der Waals surface area contributed by atoms with E-state index in [-0.39, 0.29) is 17.2 Å². The van der Waals surface area contributed by atoms with Gasteiger partial charge in [0.2, 0.25) is 21.9 Å². The summed E-state index contributed by atoms with van der Waals surface area (Å²) in [5, 5.41) is 19.8. The number of nitrogens with zero attached hydrogens (tertiary/aromatic N) is 10. The largest absolute Gasteiger partial charge is 0.493 e. The molecule has 8 rings (SSSR count). The highest BCUT2D eigenvalue weighted by atomic mass is 32.2. The summed E-state index contributed by atoms with van der Waals surface area (Å²) in [5.41, 5.74) is 6.74. The van der Waals surface area contributed by atoms with Crippen LogP contribution in [-0.4, -0.2) is 83.9 Å². The number of imidazole rings is 2. The molecule has 0 saturated heterocycles. The van der Waals surface area contributed by atoms with Crippen molar-refractivity contribution in [1.29, 1.82) is 0 Å². The lowest BCUT2D eigenvalue weighted by Gasteiger charge is -2.12. The van der Waals surface area contributed by atoms with Crippen LogP contribution in [0.1, 0.15) is 53.0 Å². The summed E-state index contributed by atoms with van der Waals surface area (Å²) < 4.78 is 37.5. The van der Waals surface area contributed by atoms with Crippen LogP contribution in [0.2, 0.25) is 0 Å². The van der Waals surface area contributed by atoms with E-state index in [2.05, 4.69) is 76.9 Å². The van der Waals surface area contributed by atoms with Crippen molar-refractivity contribution in [1.82, 2.24) is 49.0 Å². The molecule has 0 aliphatic carbocycles. The SMILES string of the molecule is CCc1sc(Nc2nc(NCc3ccc(OC)c(OC)c3)c3c(ncn3CC)n2)nc1C.CCc1sc(Nc2nc(NCc3ccc(S(N)(=O)=O)cc3)c3c(ncn3C)n2)nc1C.O=C=O.O=C=O. The van der Waals surface area contributed by atoms with E-state index in [9.17, 15) is 8.42 Å². The van der Waals surface area contributed by atoms with E-state index in [1.165, 1.54) is 21.9 Å². The van der Waals surface area contributed by atoms with Gasteiger partial charge in [0.25, 0.3) is 0 Å². The molecule has 0 saturated carbocycles. The predicted octanol–water partition coefficient (Wildman–Crippen LogP) is 6.07. The quantitative estimate of drug-likeness (QED) is 0.0733. The average Bonchev–Trinajstić information content (AvgIpc) is 4.12. The van der Waals surface area contributed by atoms with Crippen LogP contribution in [0.25, 0.3) is 22.3 Å². The number of aromatic nitrogens is 10. The third-order valence-electron chi connectivity index (χ3n) is 9.87. The second-order valence-electron chi connectivity index (χ2n) is 14.3. The minimum Gasteiger partial charge on any atom is -0.493 e. The van der Waals surface area contributed by atoms with Crippen LogP contribution in [0.5, 0.6) is 11.5 Å². The summed E-state index contributed by atoms with van der Waals surface area (Å²) >= 11 is 3.20. The Morgan fingerprint density at radius 3 is 1.62 bits per heavy atom. The molecule has 0 bridgehead atoms. The molecule has 0 aliphatic rings. The number of hydrogen-bond donors (Lipinski definition) is 5. The number of hydrogen-bond acceptors (Lipinski definition) is 22. The fourth-order valence-electron chi connectivity index (χ4n) is 6.60. The first kappa shape index (κ1) is 52.2. The highest BCUT2D eigenvalue weighted by Gasteiger charge is 2.17. The van der Waals surface area contributed by atoms with E-state index in [0.29, 0.717) is 59.4 Å². The number of thiazole rings is 2. The molecular formula is C43H49N15O8S3. The van der Waals surface area contributed by atoms with Crippen molar-refractivity contribution in [2.75, 3.05) is 35.5 Å². The second kappa shape index (κ2) is 24.3. The van der Waals surface area contributed by atoms with Gasteiger partial charge >= 0.3 is 12.3 Å². The summed E-state index contributed by atoms with van der Waals surface area (Å²) in [6.45, 7) is 12.0. The lowest BCUT2D eigenvalue weighted by Crippen LogP contribution is -2.12. The molecule has 2 aromatic carbocycles. The average molecular weight is 1000 g/mol. The Balaban J connectivity index is 0.000000231. The number of carbonyl (C=O) groups excluding carboxylic acids is 4. The van der Waals surface area contributed by atoms with Crippen molar-refractivity contribution >= 4 is 101 Å². The third-order valence-corrected chi connectivity index (χ3v) is 13.2. The zero-order valence-electron chi connectivity index (χ0n) is 38.8. The number of benzene rings is 2. The number of nitrogens with two attached hydrogens (primary N) is 1. The Morgan fingerprint density at radius 2 is 1.14 bits per heavy atom. The van der Waals surface area contributed by atoms with E-state index in [4.69, 9.17) is 38.8 Å². The Morgan fingerprint density at radius 1 is 0.667 bits per heavy atom. The van der Waals surface area contributed by atoms with Gasteiger partial charge in [-0.05, 0) is 69.0 Å². The first-order valence-electron chi connectivity index (χ1n) is 20.8. The molecule has 6 heterocycles. The summed E-state index contributed by atoms with van der Waals surface area (Å²) in [5.74, 6) is 3.55. The Labute approximate surface area is 404 Å². The topological polar surface area (TPSA) is 308 Å². The van der Waals surface area contributed by atoms with Crippen LogP contribution >= 0.6 is 22.7 Å². The molecular weight excluding hydrogens is 951 g/mol. The zero-order chi connectivity index (χ0) is 50.3. The Bertz CT molecular complexity index is 3180. The minimum atomic E-state index is -3.72. The maximum absolute atomic E-state index is 11.4. The van der Waals surface area contributed by atoms with Crippen LogP contribution < -0.4 is 35.9 Å². The maximum Gasteiger partial charge on any atom is 0.373 e. The van der Waals surface area contributed by atoms with Gasteiger partial charge in [0.05, 0.1) is 43.2 Å². The Hall–Kier alpha value is -7.73. The van der Waals surface area contributed by atoms with Crippen molar-refractivity contribution in [3.8, 4) is 11.5 Å². The fraction of sp³-hybridized carbons (Fsp3) is 0.302. The summed E-state index contributed by atoms with van der Waals surface area (Å²) in [4.78, 5) is 71.5. The van der Waals surface area contributed by atoms with Gasteiger partial charge in [0, 0.05) is 36.4 Å². The first-order valence-corrected chi connectivity index (χ1v) is 24.0. The summed E-state index contributed by atoms with van der Waals surface area (Å²) in [7, 11) is 1.41. The molecule has 0 atom stereocenters. The molecule has 0 amide bonds. The number of anilines is 6. The van der Waals surface area contributed by atoms with Crippen molar-refractivity contribution in [3.63, 3.8) is 0 Å². The van der Waals surface area contributed by atoms with E-state index in [1.807, 2.05) is 48.2 Å². The van der Waals surface area contributed by atoms with Gasteiger partial charge in [-0.15, -0.1) is 22.7 Å². The van der Waals surface area contributed by atoms with E-state index >= 15 is 0 Å².